The maximum Gasteiger partial charge on any atom is 0.154 e. The van der Waals surface area contributed by atoms with Crippen molar-refractivity contribution >= 4 is 27.5 Å². The van der Waals surface area contributed by atoms with E-state index in [-0.39, 0.29) is 12.0 Å². The monoisotopic (exact) mass is 333 g/mol. The summed E-state index contributed by atoms with van der Waals surface area (Å²) < 4.78 is 15.5. The number of aromatic nitrogens is 3. The quantitative estimate of drug-likeness (QED) is 0.939. The average Bonchev–Trinajstić information content (AvgIpc) is 2.64. The summed E-state index contributed by atoms with van der Waals surface area (Å²) in [5.41, 5.74) is 0.758. The molecule has 0 aliphatic heterocycles. The number of aryl methyl sites for hydroxylation is 1. The highest BCUT2D eigenvalue weighted by atomic mass is 79.9. The van der Waals surface area contributed by atoms with Gasteiger partial charge in [-0.25, -0.2) is 9.07 Å². The van der Waals surface area contributed by atoms with Crippen LogP contribution in [0.4, 0.5) is 4.39 Å². The third-order valence-electron chi connectivity index (χ3n) is 2.60. The number of nitrogens with zero attached hydrogens (tertiary/aromatic N) is 3. The van der Waals surface area contributed by atoms with E-state index in [0.717, 1.165) is 0 Å². The molecular formula is C11H10BrClFN3O. The molecule has 0 amide bonds. The molecule has 2 aromatic rings. The number of hydrogen-bond donors (Lipinski definition) is 1. The van der Waals surface area contributed by atoms with Crippen LogP contribution in [0.2, 0.25) is 5.02 Å². The SMILES string of the molecule is Cn1nnc(Br)c1C(O)Cc1c(F)cccc1Cl. The van der Waals surface area contributed by atoms with E-state index in [2.05, 4.69) is 26.2 Å². The fourth-order valence-corrected chi connectivity index (χ4v) is 2.54. The molecule has 1 aromatic carbocycles. The Morgan fingerprint density at radius 1 is 1.56 bits per heavy atom. The van der Waals surface area contributed by atoms with Crippen molar-refractivity contribution in [1.82, 2.24) is 15.0 Å². The zero-order chi connectivity index (χ0) is 13.3. The van der Waals surface area contributed by atoms with Crippen LogP contribution in [0.5, 0.6) is 0 Å². The van der Waals surface area contributed by atoms with Crippen LogP contribution in [0.15, 0.2) is 22.8 Å². The molecule has 0 aliphatic rings. The third-order valence-corrected chi connectivity index (χ3v) is 3.52. The summed E-state index contributed by atoms with van der Waals surface area (Å²) in [6.07, 6.45) is -0.875. The topological polar surface area (TPSA) is 50.9 Å². The Kier molecular flexibility index (Phi) is 3.99. The molecular weight excluding hydrogens is 324 g/mol. The van der Waals surface area contributed by atoms with E-state index in [9.17, 15) is 9.50 Å². The lowest BCUT2D eigenvalue weighted by molar-refractivity contribution is 0.166. The van der Waals surface area contributed by atoms with Crippen LogP contribution < -0.4 is 0 Å². The van der Waals surface area contributed by atoms with Crippen LogP contribution in [0.25, 0.3) is 0 Å². The van der Waals surface area contributed by atoms with Crippen molar-refractivity contribution in [1.29, 1.82) is 0 Å². The highest BCUT2D eigenvalue weighted by Gasteiger charge is 2.20. The van der Waals surface area contributed by atoms with Crippen molar-refractivity contribution in [3.05, 3.63) is 44.9 Å². The molecule has 1 atom stereocenters. The van der Waals surface area contributed by atoms with Crippen molar-refractivity contribution in [2.24, 2.45) is 7.05 Å². The fraction of sp³-hybridized carbons (Fsp3) is 0.273. The van der Waals surface area contributed by atoms with E-state index in [1.54, 1.807) is 13.1 Å². The first-order chi connectivity index (χ1) is 8.50. The van der Waals surface area contributed by atoms with E-state index in [1.165, 1.54) is 16.8 Å². The highest BCUT2D eigenvalue weighted by molar-refractivity contribution is 9.10. The molecule has 0 fully saturated rings. The lowest BCUT2D eigenvalue weighted by Gasteiger charge is -2.12. The Morgan fingerprint density at radius 3 is 2.83 bits per heavy atom. The molecule has 0 aliphatic carbocycles. The van der Waals surface area contributed by atoms with Crippen LogP contribution in [0, 0.1) is 5.82 Å². The number of hydrogen-bond acceptors (Lipinski definition) is 3. The number of aliphatic hydroxyl groups is 1. The van der Waals surface area contributed by atoms with E-state index in [4.69, 9.17) is 11.6 Å². The molecule has 7 heteroatoms. The normalized spacial score (nSPS) is 12.7. The van der Waals surface area contributed by atoms with Gasteiger partial charge in [0.2, 0.25) is 0 Å². The van der Waals surface area contributed by atoms with Crippen molar-refractivity contribution in [2.45, 2.75) is 12.5 Å². The largest absolute Gasteiger partial charge is 0.386 e. The molecule has 1 heterocycles. The molecule has 18 heavy (non-hydrogen) atoms. The molecule has 0 saturated heterocycles. The van der Waals surface area contributed by atoms with Gasteiger partial charge >= 0.3 is 0 Å². The first kappa shape index (κ1) is 13.5. The Morgan fingerprint density at radius 2 is 2.28 bits per heavy atom. The maximum atomic E-state index is 13.6. The van der Waals surface area contributed by atoms with E-state index in [0.29, 0.717) is 15.3 Å². The van der Waals surface area contributed by atoms with E-state index in [1.807, 2.05) is 0 Å². The van der Waals surface area contributed by atoms with Crippen LogP contribution in [0.1, 0.15) is 17.4 Å². The fourth-order valence-electron chi connectivity index (χ4n) is 1.71. The minimum Gasteiger partial charge on any atom is -0.386 e. The lowest BCUT2D eigenvalue weighted by atomic mass is 10.1. The smallest absolute Gasteiger partial charge is 0.154 e. The Bertz CT molecular complexity index is 536. The number of rotatable bonds is 3. The van der Waals surface area contributed by atoms with Gasteiger partial charge in [0, 0.05) is 24.1 Å². The number of aliphatic hydroxyl groups excluding tert-OH is 1. The average molecular weight is 335 g/mol. The standard InChI is InChI=1S/C11H10BrClFN3O/c1-17-10(11(12)15-16-17)9(18)5-6-7(13)3-2-4-8(6)14/h2-4,9,18H,5H2,1H3. The third kappa shape index (κ3) is 2.55. The second-order valence-electron chi connectivity index (χ2n) is 3.81. The zero-order valence-electron chi connectivity index (χ0n) is 9.44. The molecule has 0 bridgehead atoms. The molecule has 1 aromatic heterocycles. The maximum absolute atomic E-state index is 13.6. The van der Waals surface area contributed by atoms with Gasteiger partial charge in [0.1, 0.15) is 17.6 Å². The summed E-state index contributed by atoms with van der Waals surface area (Å²) in [6.45, 7) is 0. The molecule has 0 spiro atoms. The molecule has 1 N–H and O–H groups in total. The van der Waals surface area contributed by atoms with Crippen molar-refractivity contribution in [2.75, 3.05) is 0 Å². The van der Waals surface area contributed by atoms with Gasteiger partial charge in [-0.3, -0.25) is 0 Å². The summed E-state index contributed by atoms with van der Waals surface area (Å²) in [7, 11) is 1.65. The Labute approximate surface area is 117 Å². The predicted octanol–water partition coefficient (Wildman–Crippen LogP) is 2.65. The molecule has 0 radical (unpaired) electrons. The van der Waals surface area contributed by atoms with Crippen molar-refractivity contribution in [3.8, 4) is 0 Å². The van der Waals surface area contributed by atoms with Gasteiger partial charge in [-0.1, -0.05) is 22.9 Å². The van der Waals surface area contributed by atoms with E-state index < -0.39 is 11.9 Å². The van der Waals surface area contributed by atoms with Gasteiger partial charge in [-0.15, -0.1) is 5.10 Å². The second kappa shape index (κ2) is 5.34. The van der Waals surface area contributed by atoms with Gasteiger partial charge in [-0.2, -0.15) is 0 Å². The van der Waals surface area contributed by atoms with E-state index >= 15 is 0 Å². The summed E-state index contributed by atoms with van der Waals surface area (Å²) in [5, 5.41) is 17.9. The second-order valence-corrected chi connectivity index (χ2v) is 4.97. The lowest BCUT2D eigenvalue weighted by Crippen LogP contribution is -2.10. The van der Waals surface area contributed by atoms with Gasteiger partial charge in [0.05, 0.1) is 0 Å². The highest BCUT2D eigenvalue weighted by Crippen LogP contribution is 2.28. The number of halogens is 3. The minimum absolute atomic E-state index is 0.0608. The van der Waals surface area contributed by atoms with Crippen LogP contribution in [-0.4, -0.2) is 20.1 Å². The van der Waals surface area contributed by atoms with Crippen LogP contribution in [0.3, 0.4) is 0 Å². The summed E-state index contributed by atoms with van der Waals surface area (Å²) >= 11 is 9.10. The minimum atomic E-state index is -0.936. The summed E-state index contributed by atoms with van der Waals surface area (Å²) in [6, 6.07) is 4.42. The predicted molar refractivity (Wildman–Crippen MR) is 68.8 cm³/mol. The van der Waals surface area contributed by atoms with Gasteiger partial charge in [0.15, 0.2) is 4.60 Å². The van der Waals surface area contributed by atoms with Gasteiger partial charge in [0.25, 0.3) is 0 Å². The van der Waals surface area contributed by atoms with Gasteiger partial charge in [-0.05, 0) is 28.1 Å². The Hall–Kier alpha value is -0.980. The van der Waals surface area contributed by atoms with Crippen molar-refractivity contribution < 1.29 is 9.50 Å². The number of benzene rings is 1. The van der Waals surface area contributed by atoms with Crippen LogP contribution >= 0.6 is 27.5 Å². The molecule has 0 saturated carbocycles. The molecule has 2 rings (SSSR count). The molecule has 4 nitrogen and oxygen atoms in total. The molecule has 96 valence electrons. The Balaban J connectivity index is 2.30. The first-order valence-electron chi connectivity index (χ1n) is 5.16. The van der Waals surface area contributed by atoms with Crippen LogP contribution in [-0.2, 0) is 13.5 Å². The molecule has 1 unspecified atom stereocenters. The first-order valence-corrected chi connectivity index (χ1v) is 6.34. The summed E-state index contributed by atoms with van der Waals surface area (Å²) in [4.78, 5) is 0. The summed E-state index contributed by atoms with van der Waals surface area (Å²) in [5.74, 6) is -0.437. The van der Waals surface area contributed by atoms with Gasteiger partial charge < -0.3 is 5.11 Å². The van der Waals surface area contributed by atoms with Crippen molar-refractivity contribution in [3.63, 3.8) is 0 Å². The zero-order valence-corrected chi connectivity index (χ0v) is 11.8.